The van der Waals surface area contributed by atoms with Gasteiger partial charge >= 0.3 is 0 Å². The normalized spacial score (nSPS) is 10.7. The van der Waals surface area contributed by atoms with Gasteiger partial charge < -0.3 is 10.6 Å². The lowest BCUT2D eigenvalue weighted by Gasteiger charge is -2.15. The summed E-state index contributed by atoms with van der Waals surface area (Å²) >= 11 is 6.35. The number of nitrogens with zero attached hydrogens (tertiary/aromatic N) is 2. The minimum absolute atomic E-state index is 0.000363. The summed E-state index contributed by atoms with van der Waals surface area (Å²) in [5.41, 5.74) is 4.19. The number of nitrogens with one attached hydrogen (secondary N) is 2. The quantitative estimate of drug-likeness (QED) is 0.384. The van der Waals surface area contributed by atoms with E-state index in [0.717, 1.165) is 23.2 Å². The summed E-state index contributed by atoms with van der Waals surface area (Å²) in [6.45, 7) is 8.44. The third kappa shape index (κ3) is 6.66. The Bertz CT molecular complexity index is 1060. The highest BCUT2D eigenvalue weighted by molar-refractivity contribution is 6.32. The van der Waals surface area contributed by atoms with Crippen LogP contribution >= 0.6 is 11.6 Å². The highest BCUT2D eigenvalue weighted by atomic mass is 35.5. The van der Waals surface area contributed by atoms with Crippen molar-refractivity contribution in [2.75, 3.05) is 10.6 Å². The van der Waals surface area contributed by atoms with Crippen LogP contribution in [0.15, 0.2) is 67.4 Å². The lowest BCUT2D eigenvalue weighted by Crippen LogP contribution is -2.07. The fourth-order valence-corrected chi connectivity index (χ4v) is 3.37. The van der Waals surface area contributed by atoms with Gasteiger partial charge in [0, 0.05) is 18.7 Å². The minimum atomic E-state index is -0.000363. The Balaban J connectivity index is 1.72. The zero-order valence-corrected chi connectivity index (χ0v) is 18.6. The molecule has 0 atom stereocenters. The molecule has 0 amide bonds. The van der Waals surface area contributed by atoms with Gasteiger partial charge in [-0.1, -0.05) is 74.5 Å². The molecule has 0 saturated heterocycles. The standard InChI is InChI=1S/C25H27ClN4O/c1-4-21(31)14-18-8-7-9-19(13-18)15-27-25-28-16-22(26)24(30-25)29-23-11-6-5-10-20(23)12-17(2)3/h4-11,13,16-17H,1,12,14-15H2,2-3H3,(H2,27,28,29,30). The van der Waals surface area contributed by atoms with Crippen molar-refractivity contribution in [2.24, 2.45) is 5.92 Å². The number of allylic oxidation sites excluding steroid dienone is 1. The molecular formula is C25H27ClN4O. The Morgan fingerprint density at radius 2 is 1.94 bits per heavy atom. The zero-order valence-electron chi connectivity index (χ0n) is 17.9. The van der Waals surface area contributed by atoms with Crippen LogP contribution in [0.25, 0.3) is 0 Å². The van der Waals surface area contributed by atoms with Crippen LogP contribution in [0, 0.1) is 5.92 Å². The van der Waals surface area contributed by atoms with Gasteiger partial charge in [-0.2, -0.15) is 4.98 Å². The van der Waals surface area contributed by atoms with E-state index in [4.69, 9.17) is 11.6 Å². The van der Waals surface area contributed by atoms with Crippen LogP contribution in [0.2, 0.25) is 5.02 Å². The van der Waals surface area contributed by atoms with Gasteiger partial charge in [0.1, 0.15) is 5.02 Å². The second-order valence-corrected chi connectivity index (χ2v) is 8.20. The maximum absolute atomic E-state index is 11.6. The van der Waals surface area contributed by atoms with Crippen molar-refractivity contribution in [3.8, 4) is 0 Å². The number of aromatic nitrogens is 2. The van der Waals surface area contributed by atoms with E-state index in [1.54, 1.807) is 6.20 Å². The van der Waals surface area contributed by atoms with Crippen LogP contribution in [0.5, 0.6) is 0 Å². The average Bonchev–Trinajstić information content (AvgIpc) is 2.75. The first kappa shape index (κ1) is 22.5. The molecule has 0 fully saturated rings. The van der Waals surface area contributed by atoms with Crippen molar-refractivity contribution in [1.29, 1.82) is 0 Å². The summed E-state index contributed by atoms with van der Waals surface area (Å²) in [6.07, 6.45) is 4.24. The highest BCUT2D eigenvalue weighted by Crippen LogP contribution is 2.27. The second kappa shape index (κ2) is 10.7. The van der Waals surface area contributed by atoms with E-state index in [9.17, 15) is 4.79 Å². The monoisotopic (exact) mass is 434 g/mol. The van der Waals surface area contributed by atoms with Gasteiger partial charge in [-0.15, -0.1) is 0 Å². The smallest absolute Gasteiger partial charge is 0.224 e. The van der Waals surface area contributed by atoms with Crippen LogP contribution < -0.4 is 10.6 Å². The van der Waals surface area contributed by atoms with E-state index in [1.807, 2.05) is 42.5 Å². The molecule has 0 radical (unpaired) electrons. The van der Waals surface area contributed by atoms with Crippen LogP contribution in [0.1, 0.15) is 30.5 Å². The van der Waals surface area contributed by atoms with E-state index >= 15 is 0 Å². The number of hydrogen-bond acceptors (Lipinski definition) is 5. The minimum Gasteiger partial charge on any atom is -0.350 e. The number of carbonyl (C=O) groups excluding carboxylic acids is 1. The molecule has 5 nitrogen and oxygen atoms in total. The fraction of sp³-hybridized carbons (Fsp3) is 0.240. The number of para-hydroxylation sites is 1. The number of hydrogen-bond donors (Lipinski definition) is 2. The average molecular weight is 435 g/mol. The Labute approximate surface area is 188 Å². The van der Waals surface area contributed by atoms with E-state index in [1.165, 1.54) is 11.6 Å². The molecule has 1 heterocycles. The Morgan fingerprint density at radius 1 is 1.16 bits per heavy atom. The number of anilines is 3. The fourth-order valence-electron chi connectivity index (χ4n) is 3.23. The number of carbonyl (C=O) groups is 1. The third-order valence-corrected chi connectivity index (χ3v) is 4.97. The number of benzene rings is 2. The second-order valence-electron chi connectivity index (χ2n) is 7.79. The SMILES string of the molecule is C=CC(=O)Cc1cccc(CNc2ncc(Cl)c(Nc3ccccc3CC(C)C)n2)c1. The molecular weight excluding hydrogens is 408 g/mol. The first-order chi connectivity index (χ1) is 14.9. The molecule has 0 aliphatic carbocycles. The number of halogens is 1. The van der Waals surface area contributed by atoms with Crippen molar-refractivity contribution in [2.45, 2.75) is 33.2 Å². The lowest BCUT2D eigenvalue weighted by atomic mass is 10.0. The van der Waals surface area contributed by atoms with Gasteiger partial charge in [0.25, 0.3) is 0 Å². The summed E-state index contributed by atoms with van der Waals surface area (Å²) in [7, 11) is 0. The van der Waals surface area contributed by atoms with E-state index in [-0.39, 0.29) is 5.78 Å². The molecule has 31 heavy (non-hydrogen) atoms. The summed E-state index contributed by atoms with van der Waals surface area (Å²) in [5, 5.41) is 7.04. The van der Waals surface area contributed by atoms with Crippen LogP contribution in [-0.4, -0.2) is 15.8 Å². The van der Waals surface area contributed by atoms with Crippen molar-refractivity contribution < 1.29 is 4.79 Å². The molecule has 160 valence electrons. The van der Waals surface area contributed by atoms with E-state index < -0.39 is 0 Å². The molecule has 0 spiro atoms. The summed E-state index contributed by atoms with van der Waals surface area (Å²) < 4.78 is 0. The van der Waals surface area contributed by atoms with Gasteiger partial charge in [0.2, 0.25) is 5.95 Å². The summed E-state index contributed by atoms with van der Waals surface area (Å²) in [4.78, 5) is 20.4. The first-order valence-electron chi connectivity index (χ1n) is 10.3. The van der Waals surface area contributed by atoms with Crippen molar-refractivity contribution in [3.05, 3.63) is 89.1 Å². The van der Waals surface area contributed by atoms with Gasteiger partial charge in [-0.3, -0.25) is 4.79 Å². The molecule has 1 aromatic heterocycles. The van der Waals surface area contributed by atoms with E-state index in [0.29, 0.717) is 35.7 Å². The van der Waals surface area contributed by atoms with Gasteiger partial charge in [-0.25, -0.2) is 4.98 Å². The molecule has 0 aliphatic heterocycles. The number of rotatable bonds is 10. The largest absolute Gasteiger partial charge is 0.350 e. The third-order valence-electron chi connectivity index (χ3n) is 4.69. The molecule has 0 unspecified atom stereocenters. The topological polar surface area (TPSA) is 66.9 Å². The van der Waals surface area contributed by atoms with Crippen LogP contribution in [0.4, 0.5) is 17.5 Å². The zero-order chi connectivity index (χ0) is 22.2. The van der Waals surface area contributed by atoms with Crippen molar-refractivity contribution >= 4 is 34.8 Å². The molecule has 2 aromatic carbocycles. The molecule has 0 saturated carbocycles. The van der Waals surface area contributed by atoms with E-state index in [2.05, 4.69) is 47.1 Å². The molecule has 2 N–H and O–H groups in total. The predicted molar refractivity (Wildman–Crippen MR) is 128 cm³/mol. The maximum Gasteiger partial charge on any atom is 0.224 e. The summed E-state index contributed by atoms with van der Waals surface area (Å²) in [5.74, 6) is 1.57. The Morgan fingerprint density at radius 3 is 2.71 bits per heavy atom. The molecule has 3 rings (SSSR count). The molecule has 6 heteroatoms. The van der Waals surface area contributed by atoms with Crippen LogP contribution in [0.3, 0.4) is 0 Å². The van der Waals surface area contributed by atoms with Crippen molar-refractivity contribution in [3.63, 3.8) is 0 Å². The molecule has 0 aliphatic rings. The lowest BCUT2D eigenvalue weighted by molar-refractivity contribution is -0.114. The maximum atomic E-state index is 11.6. The molecule has 0 bridgehead atoms. The van der Waals surface area contributed by atoms with Gasteiger partial charge in [0.05, 0.1) is 6.20 Å². The Kier molecular flexibility index (Phi) is 7.79. The van der Waals surface area contributed by atoms with Gasteiger partial charge in [-0.05, 0) is 41.2 Å². The highest BCUT2D eigenvalue weighted by Gasteiger charge is 2.10. The summed E-state index contributed by atoms with van der Waals surface area (Å²) in [6, 6.07) is 16.0. The number of ketones is 1. The first-order valence-corrected chi connectivity index (χ1v) is 10.7. The van der Waals surface area contributed by atoms with Crippen molar-refractivity contribution in [1.82, 2.24) is 9.97 Å². The van der Waals surface area contributed by atoms with Crippen LogP contribution in [-0.2, 0) is 24.2 Å². The Hall–Kier alpha value is -3.18. The van der Waals surface area contributed by atoms with Gasteiger partial charge in [0.15, 0.2) is 11.6 Å². The predicted octanol–water partition coefficient (Wildman–Crippen LogP) is 5.98. The molecule has 3 aromatic rings.